The van der Waals surface area contributed by atoms with E-state index in [1.807, 2.05) is 24.3 Å². The van der Waals surface area contributed by atoms with Crippen LogP contribution < -0.4 is 0 Å². The molecule has 2 aliphatic rings. The maximum atomic E-state index is 12.4. The van der Waals surface area contributed by atoms with Crippen molar-refractivity contribution in [3.05, 3.63) is 71.2 Å². The summed E-state index contributed by atoms with van der Waals surface area (Å²) in [5.74, 6) is 0.164. The molecule has 0 saturated carbocycles. The summed E-state index contributed by atoms with van der Waals surface area (Å²) in [5.41, 5.74) is 3.12. The average molecular weight is 503 g/mol. The molecule has 194 valence electrons. The van der Waals surface area contributed by atoms with Crippen molar-refractivity contribution in [2.24, 2.45) is 5.41 Å². The molecule has 9 nitrogen and oxygen atoms in total. The molecule has 2 fully saturated rings. The van der Waals surface area contributed by atoms with Gasteiger partial charge in [-0.15, -0.1) is 0 Å². The van der Waals surface area contributed by atoms with Crippen LogP contribution in [-0.2, 0) is 16.9 Å². The molecule has 2 aliphatic heterocycles. The van der Waals surface area contributed by atoms with Gasteiger partial charge in [0.15, 0.2) is 0 Å². The molecule has 4 heterocycles. The molecule has 1 atom stereocenters. The number of H-pyrrole nitrogens is 1. The SMILES string of the molecule is CC(C)c1ccc([C@](O)(c2cncc(-c3cc(CN4C(=O)CN(C)C4=O)[nH]n3)c2)C2(C)CN(C)C2)cc1. The van der Waals surface area contributed by atoms with Crippen LogP contribution in [0.1, 0.15) is 49.1 Å². The Morgan fingerprint density at radius 1 is 1.08 bits per heavy atom. The molecule has 2 saturated heterocycles. The quantitative estimate of drug-likeness (QED) is 0.481. The Balaban J connectivity index is 1.49. The fourth-order valence-corrected chi connectivity index (χ4v) is 5.71. The summed E-state index contributed by atoms with van der Waals surface area (Å²) < 4.78 is 0. The summed E-state index contributed by atoms with van der Waals surface area (Å²) in [5, 5.41) is 19.8. The highest BCUT2D eigenvalue weighted by molar-refractivity contribution is 6.01. The van der Waals surface area contributed by atoms with E-state index in [0.29, 0.717) is 22.9 Å². The third-order valence-corrected chi connectivity index (χ3v) is 7.75. The third-order valence-electron chi connectivity index (χ3n) is 7.75. The topological polar surface area (TPSA) is 106 Å². The van der Waals surface area contributed by atoms with Gasteiger partial charge in [0.2, 0.25) is 0 Å². The summed E-state index contributed by atoms with van der Waals surface area (Å²) in [4.78, 5) is 33.7. The number of likely N-dealkylation sites (tertiary alicyclic amines) is 1. The highest BCUT2D eigenvalue weighted by Gasteiger charge is 2.55. The van der Waals surface area contributed by atoms with E-state index >= 15 is 0 Å². The molecule has 37 heavy (non-hydrogen) atoms. The van der Waals surface area contributed by atoms with E-state index in [1.165, 1.54) is 15.4 Å². The van der Waals surface area contributed by atoms with Crippen LogP contribution in [0.15, 0.2) is 48.8 Å². The van der Waals surface area contributed by atoms with Gasteiger partial charge in [-0.3, -0.25) is 19.8 Å². The molecule has 9 heteroatoms. The minimum absolute atomic E-state index is 0.0798. The number of nitrogens with zero attached hydrogens (tertiary/aromatic N) is 5. The van der Waals surface area contributed by atoms with Gasteiger partial charge in [-0.25, -0.2) is 4.79 Å². The van der Waals surface area contributed by atoms with Gasteiger partial charge in [0.1, 0.15) is 12.1 Å². The number of carbonyl (C=O) groups excluding carboxylic acids is 2. The Morgan fingerprint density at radius 3 is 2.38 bits per heavy atom. The molecule has 2 aromatic heterocycles. The zero-order valence-electron chi connectivity index (χ0n) is 22.0. The summed E-state index contributed by atoms with van der Waals surface area (Å²) in [7, 11) is 3.66. The maximum absolute atomic E-state index is 12.4. The van der Waals surface area contributed by atoms with Crippen molar-refractivity contribution in [2.75, 3.05) is 33.7 Å². The number of carbonyl (C=O) groups is 2. The highest BCUT2D eigenvalue weighted by Crippen LogP contribution is 2.50. The monoisotopic (exact) mass is 502 g/mol. The molecule has 0 unspecified atom stereocenters. The minimum Gasteiger partial charge on any atom is -0.380 e. The molecule has 3 aromatic rings. The third kappa shape index (κ3) is 4.22. The van der Waals surface area contributed by atoms with Crippen LogP contribution in [0.3, 0.4) is 0 Å². The lowest BCUT2D eigenvalue weighted by molar-refractivity contribution is -0.127. The zero-order valence-corrected chi connectivity index (χ0v) is 22.0. The number of likely N-dealkylation sites (N-methyl/N-ethyl adjacent to an activating group) is 1. The molecule has 2 N–H and O–H groups in total. The van der Waals surface area contributed by atoms with E-state index in [-0.39, 0.29) is 25.0 Å². The average Bonchev–Trinajstić information content (AvgIpc) is 3.43. The molecule has 0 bridgehead atoms. The first-order valence-corrected chi connectivity index (χ1v) is 12.6. The van der Waals surface area contributed by atoms with Gasteiger partial charge in [-0.05, 0) is 36.2 Å². The normalized spacial score (nSPS) is 19.4. The molecular formula is C28H34N6O3. The van der Waals surface area contributed by atoms with Crippen LogP contribution in [0.5, 0.6) is 0 Å². The van der Waals surface area contributed by atoms with E-state index in [9.17, 15) is 14.7 Å². The Labute approximate surface area is 217 Å². The van der Waals surface area contributed by atoms with Gasteiger partial charge in [0.25, 0.3) is 5.91 Å². The number of aromatic amines is 1. The fourth-order valence-electron chi connectivity index (χ4n) is 5.71. The number of hydrogen-bond donors (Lipinski definition) is 2. The van der Waals surface area contributed by atoms with E-state index in [0.717, 1.165) is 24.2 Å². The minimum atomic E-state index is -1.25. The van der Waals surface area contributed by atoms with Gasteiger partial charge >= 0.3 is 6.03 Å². The van der Waals surface area contributed by atoms with Crippen LogP contribution in [0.4, 0.5) is 4.79 Å². The van der Waals surface area contributed by atoms with Crippen LogP contribution in [-0.4, -0.2) is 80.7 Å². The van der Waals surface area contributed by atoms with Crippen LogP contribution >= 0.6 is 0 Å². The number of aliphatic hydroxyl groups is 1. The number of pyridine rings is 1. The Kier molecular flexibility index (Phi) is 6.16. The van der Waals surface area contributed by atoms with Crippen LogP contribution in [0.25, 0.3) is 11.3 Å². The molecule has 3 amide bonds. The van der Waals surface area contributed by atoms with Crippen molar-refractivity contribution in [1.29, 1.82) is 0 Å². The number of benzene rings is 1. The predicted molar refractivity (Wildman–Crippen MR) is 140 cm³/mol. The standard InChI is InChI=1S/C28H34N6O3/c1-18(2)19-6-8-21(9-7-19)28(37,27(3)16-32(4)17-27)22-10-20(12-29-13-22)24-11-23(30-31-24)14-34-25(35)15-33(5)26(34)36/h6-13,18,37H,14-17H2,1-5H3,(H,30,31)/t28-/m0/s1. The summed E-state index contributed by atoms with van der Waals surface area (Å²) >= 11 is 0. The van der Waals surface area contributed by atoms with E-state index in [1.54, 1.807) is 19.4 Å². The molecule has 0 aliphatic carbocycles. The van der Waals surface area contributed by atoms with Crippen LogP contribution in [0.2, 0.25) is 0 Å². The largest absolute Gasteiger partial charge is 0.380 e. The number of rotatable bonds is 7. The van der Waals surface area contributed by atoms with Gasteiger partial charge in [-0.2, -0.15) is 5.10 Å². The molecule has 0 radical (unpaired) electrons. The molecular weight excluding hydrogens is 468 g/mol. The first-order valence-electron chi connectivity index (χ1n) is 12.6. The van der Waals surface area contributed by atoms with E-state index < -0.39 is 11.0 Å². The van der Waals surface area contributed by atoms with E-state index in [2.05, 4.69) is 60.0 Å². The van der Waals surface area contributed by atoms with Crippen molar-refractivity contribution in [1.82, 2.24) is 29.9 Å². The Bertz CT molecular complexity index is 1330. The fraction of sp³-hybridized carbons (Fsp3) is 0.429. The number of hydrogen-bond acceptors (Lipinski definition) is 6. The summed E-state index contributed by atoms with van der Waals surface area (Å²) in [6, 6.07) is 11.7. The smallest absolute Gasteiger partial charge is 0.327 e. The second-order valence-corrected chi connectivity index (χ2v) is 11.1. The van der Waals surface area contributed by atoms with Gasteiger partial charge in [0, 0.05) is 49.1 Å². The first kappa shape index (κ1) is 25.1. The Morgan fingerprint density at radius 2 is 1.78 bits per heavy atom. The summed E-state index contributed by atoms with van der Waals surface area (Å²) in [6.45, 7) is 8.13. The van der Waals surface area contributed by atoms with Crippen molar-refractivity contribution in [2.45, 2.75) is 38.8 Å². The van der Waals surface area contributed by atoms with Crippen molar-refractivity contribution >= 4 is 11.9 Å². The van der Waals surface area contributed by atoms with E-state index in [4.69, 9.17) is 0 Å². The zero-order chi connectivity index (χ0) is 26.5. The number of imide groups is 1. The number of amides is 3. The number of nitrogens with one attached hydrogen (secondary N) is 1. The number of urea groups is 1. The molecule has 5 rings (SSSR count). The molecule has 0 spiro atoms. The van der Waals surface area contributed by atoms with Crippen molar-refractivity contribution < 1.29 is 14.7 Å². The predicted octanol–water partition coefficient (Wildman–Crippen LogP) is 3.18. The van der Waals surface area contributed by atoms with Gasteiger partial charge in [0.05, 0.1) is 17.9 Å². The van der Waals surface area contributed by atoms with Crippen LogP contribution in [0, 0.1) is 5.41 Å². The number of aromatic nitrogens is 3. The molecule has 1 aromatic carbocycles. The lowest BCUT2D eigenvalue weighted by Gasteiger charge is -2.55. The van der Waals surface area contributed by atoms with Gasteiger partial charge < -0.3 is 14.9 Å². The maximum Gasteiger partial charge on any atom is 0.327 e. The van der Waals surface area contributed by atoms with Gasteiger partial charge in [-0.1, -0.05) is 45.0 Å². The second kappa shape index (κ2) is 9.08. The Hall–Kier alpha value is -3.56. The van der Waals surface area contributed by atoms with Crippen molar-refractivity contribution in [3.8, 4) is 11.3 Å². The first-order chi connectivity index (χ1) is 17.5. The van der Waals surface area contributed by atoms with Crippen molar-refractivity contribution in [3.63, 3.8) is 0 Å². The lowest BCUT2D eigenvalue weighted by Crippen LogP contribution is -2.63. The highest BCUT2D eigenvalue weighted by atomic mass is 16.3. The second-order valence-electron chi connectivity index (χ2n) is 11.1. The summed E-state index contributed by atoms with van der Waals surface area (Å²) in [6.07, 6.45) is 3.44. The lowest BCUT2D eigenvalue weighted by atomic mass is 9.62.